The molecule has 17 heavy (non-hydrogen) atoms. The lowest BCUT2D eigenvalue weighted by Gasteiger charge is -2.13. The SMILES string of the molecule is CCC(C)SCc1cc(OC)ccc1B(O)O. The molecule has 1 aromatic carbocycles. The standard InChI is InChI=1S/C12H19BO3S/c1-4-9(2)17-8-10-7-11(16-3)5-6-12(10)13(14)15/h5-7,9,14-15H,4,8H2,1-3H3. The van der Waals surface area contributed by atoms with Crippen LogP contribution in [-0.4, -0.2) is 29.5 Å². The first-order chi connectivity index (χ1) is 8.08. The maximum atomic E-state index is 9.30. The minimum absolute atomic E-state index is 0.557. The molecule has 0 aliphatic carbocycles. The van der Waals surface area contributed by atoms with Gasteiger partial charge in [-0.2, -0.15) is 11.8 Å². The molecule has 94 valence electrons. The third-order valence-electron chi connectivity index (χ3n) is 2.73. The monoisotopic (exact) mass is 254 g/mol. The highest BCUT2D eigenvalue weighted by atomic mass is 32.2. The van der Waals surface area contributed by atoms with E-state index in [9.17, 15) is 10.0 Å². The summed E-state index contributed by atoms with van der Waals surface area (Å²) in [6.45, 7) is 4.31. The van der Waals surface area contributed by atoms with E-state index >= 15 is 0 Å². The van der Waals surface area contributed by atoms with Crippen molar-refractivity contribution >= 4 is 24.3 Å². The van der Waals surface area contributed by atoms with Crippen LogP contribution in [0.5, 0.6) is 5.75 Å². The van der Waals surface area contributed by atoms with Gasteiger partial charge < -0.3 is 14.8 Å². The Hall–Kier alpha value is -0.645. The number of rotatable bonds is 6. The average Bonchev–Trinajstić information content (AvgIpc) is 2.35. The summed E-state index contributed by atoms with van der Waals surface area (Å²) in [4.78, 5) is 0. The van der Waals surface area contributed by atoms with Crippen molar-refractivity contribution < 1.29 is 14.8 Å². The number of hydrogen-bond donors (Lipinski definition) is 2. The molecule has 0 saturated carbocycles. The van der Waals surface area contributed by atoms with Gasteiger partial charge in [0.15, 0.2) is 0 Å². The van der Waals surface area contributed by atoms with E-state index in [-0.39, 0.29) is 0 Å². The lowest BCUT2D eigenvalue weighted by Crippen LogP contribution is -2.32. The molecular formula is C12H19BO3S. The minimum atomic E-state index is -1.42. The van der Waals surface area contributed by atoms with Crippen LogP contribution in [0.2, 0.25) is 0 Å². The van der Waals surface area contributed by atoms with Gasteiger partial charge in [0.1, 0.15) is 5.75 Å². The summed E-state index contributed by atoms with van der Waals surface area (Å²) in [5.41, 5.74) is 1.48. The second-order valence-electron chi connectivity index (χ2n) is 3.97. The van der Waals surface area contributed by atoms with Crippen molar-refractivity contribution in [2.45, 2.75) is 31.3 Å². The van der Waals surface area contributed by atoms with E-state index < -0.39 is 7.12 Å². The maximum absolute atomic E-state index is 9.30. The Bertz CT molecular complexity index is 358. The normalized spacial score (nSPS) is 12.3. The molecule has 0 saturated heterocycles. The Balaban J connectivity index is 2.85. The van der Waals surface area contributed by atoms with Gasteiger partial charge in [0, 0.05) is 11.0 Å². The van der Waals surface area contributed by atoms with Gasteiger partial charge in [0.05, 0.1) is 7.11 Å². The van der Waals surface area contributed by atoms with E-state index in [0.717, 1.165) is 23.5 Å². The fourth-order valence-electron chi connectivity index (χ4n) is 1.44. The highest BCUT2D eigenvalue weighted by Crippen LogP contribution is 2.21. The van der Waals surface area contributed by atoms with Crippen LogP contribution >= 0.6 is 11.8 Å². The Morgan fingerprint density at radius 1 is 1.41 bits per heavy atom. The molecule has 0 radical (unpaired) electrons. The van der Waals surface area contributed by atoms with Crippen molar-refractivity contribution in [3.8, 4) is 5.75 Å². The quantitative estimate of drug-likeness (QED) is 0.753. The minimum Gasteiger partial charge on any atom is -0.497 e. The first-order valence-electron chi connectivity index (χ1n) is 5.73. The second-order valence-corrected chi connectivity index (χ2v) is 5.40. The summed E-state index contributed by atoms with van der Waals surface area (Å²) in [5, 5.41) is 19.2. The van der Waals surface area contributed by atoms with Crippen molar-refractivity contribution in [3.63, 3.8) is 0 Å². The number of methoxy groups -OCH3 is 1. The molecule has 3 nitrogen and oxygen atoms in total. The van der Waals surface area contributed by atoms with Gasteiger partial charge in [0.2, 0.25) is 0 Å². The van der Waals surface area contributed by atoms with E-state index in [1.54, 1.807) is 31.0 Å². The van der Waals surface area contributed by atoms with E-state index in [2.05, 4.69) is 13.8 Å². The summed E-state index contributed by atoms with van der Waals surface area (Å²) in [6, 6.07) is 5.31. The zero-order valence-corrected chi connectivity index (χ0v) is 11.3. The molecule has 0 amide bonds. The average molecular weight is 254 g/mol. The summed E-state index contributed by atoms with van der Waals surface area (Å²) >= 11 is 1.80. The maximum Gasteiger partial charge on any atom is 0.488 e. The van der Waals surface area contributed by atoms with Crippen LogP contribution in [-0.2, 0) is 5.75 Å². The molecule has 1 aromatic rings. The van der Waals surface area contributed by atoms with Gasteiger partial charge in [0.25, 0.3) is 0 Å². The summed E-state index contributed by atoms with van der Waals surface area (Å²) in [5.74, 6) is 1.51. The number of thioether (sulfide) groups is 1. The van der Waals surface area contributed by atoms with Gasteiger partial charge in [-0.05, 0) is 29.6 Å². The lowest BCUT2D eigenvalue weighted by molar-refractivity contribution is 0.413. The predicted octanol–water partition coefficient (Wildman–Crippen LogP) is 1.41. The molecule has 0 heterocycles. The number of hydrogen-bond acceptors (Lipinski definition) is 4. The van der Waals surface area contributed by atoms with E-state index in [4.69, 9.17) is 4.74 Å². The van der Waals surface area contributed by atoms with Crippen LogP contribution in [0.1, 0.15) is 25.8 Å². The van der Waals surface area contributed by atoms with Gasteiger partial charge in [-0.3, -0.25) is 0 Å². The van der Waals surface area contributed by atoms with Gasteiger partial charge >= 0.3 is 7.12 Å². The fraction of sp³-hybridized carbons (Fsp3) is 0.500. The largest absolute Gasteiger partial charge is 0.497 e. The van der Waals surface area contributed by atoms with Crippen LogP contribution < -0.4 is 10.2 Å². The predicted molar refractivity (Wildman–Crippen MR) is 73.9 cm³/mol. The summed E-state index contributed by atoms with van der Waals surface area (Å²) in [6.07, 6.45) is 1.10. The topological polar surface area (TPSA) is 49.7 Å². The van der Waals surface area contributed by atoms with Crippen molar-refractivity contribution in [3.05, 3.63) is 23.8 Å². The third-order valence-corrected chi connectivity index (χ3v) is 4.11. The first kappa shape index (κ1) is 14.4. The smallest absolute Gasteiger partial charge is 0.488 e. The molecule has 5 heteroatoms. The Morgan fingerprint density at radius 3 is 2.65 bits per heavy atom. The number of ether oxygens (including phenoxy) is 1. The van der Waals surface area contributed by atoms with E-state index in [1.165, 1.54) is 0 Å². The zero-order valence-electron chi connectivity index (χ0n) is 10.5. The fourth-order valence-corrected chi connectivity index (χ4v) is 2.39. The molecule has 0 bridgehead atoms. The van der Waals surface area contributed by atoms with Crippen LogP contribution in [0.15, 0.2) is 18.2 Å². The highest BCUT2D eigenvalue weighted by Gasteiger charge is 2.17. The summed E-state index contributed by atoms with van der Waals surface area (Å²) < 4.78 is 5.15. The van der Waals surface area contributed by atoms with Crippen molar-refractivity contribution in [2.75, 3.05) is 7.11 Å². The van der Waals surface area contributed by atoms with Crippen molar-refractivity contribution in [2.24, 2.45) is 0 Å². The second kappa shape index (κ2) is 6.94. The molecule has 0 aromatic heterocycles. The van der Waals surface area contributed by atoms with Crippen molar-refractivity contribution in [1.29, 1.82) is 0 Å². The molecular weight excluding hydrogens is 235 g/mol. The van der Waals surface area contributed by atoms with Crippen LogP contribution in [0.25, 0.3) is 0 Å². The zero-order chi connectivity index (χ0) is 12.8. The molecule has 1 atom stereocenters. The van der Waals surface area contributed by atoms with Gasteiger partial charge in [-0.1, -0.05) is 19.9 Å². The molecule has 1 rings (SSSR count). The molecule has 0 spiro atoms. The van der Waals surface area contributed by atoms with Crippen LogP contribution in [0.4, 0.5) is 0 Å². The lowest BCUT2D eigenvalue weighted by atomic mass is 9.77. The third kappa shape index (κ3) is 4.26. The number of benzene rings is 1. The van der Waals surface area contributed by atoms with Crippen molar-refractivity contribution in [1.82, 2.24) is 0 Å². The van der Waals surface area contributed by atoms with Gasteiger partial charge in [-0.15, -0.1) is 0 Å². The highest BCUT2D eigenvalue weighted by molar-refractivity contribution is 7.99. The Labute approximate surface area is 107 Å². The van der Waals surface area contributed by atoms with E-state index in [0.29, 0.717) is 10.7 Å². The Morgan fingerprint density at radius 2 is 2.12 bits per heavy atom. The van der Waals surface area contributed by atoms with Gasteiger partial charge in [-0.25, -0.2) is 0 Å². The van der Waals surface area contributed by atoms with Crippen LogP contribution in [0.3, 0.4) is 0 Å². The molecule has 1 unspecified atom stereocenters. The first-order valence-corrected chi connectivity index (χ1v) is 6.77. The van der Waals surface area contributed by atoms with Crippen LogP contribution in [0, 0.1) is 0 Å². The molecule has 0 aliphatic heterocycles. The molecule has 2 N–H and O–H groups in total. The molecule has 0 aliphatic rings. The Kier molecular flexibility index (Phi) is 5.88. The summed E-state index contributed by atoms with van der Waals surface area (Å²) in [7, 11) is 0.184. The van der Waals surface area contributed by atoms with E-state index in [1.807, 2.05) is 6.07 Å². The molecule has 0 fully saturated rings.